The maximum atomic E-state index is 10.4. The summed E-state index contributed by atoms with van der Waals surface area (Å²) in [6.45, 7) is 0. The molecular formula is C9H8N6O. The first kappa shape index (κ1) is 9.97. The van der Waals surface area contributed by atoms with Gasteiger partial charge >= 0.3 is 0 Å². The summed E-state index contributed by atoms with van der Waals surface area (Å²) in [5, 5.41) is 2.66. The van der Waals surface area contributed by atoms with Gasteiger partial charge in [0, 0.05) is 18.0 Å². The maximum absolute atomic E-state index is 10.4. The number of hydrogen-bond donors (Lipinski definition) is 2. The van der Waals surface area contributed by atoms with E-state index in [0.29, 0.717) is 11.4 Å². The third kappa shape index (κ3) is 1.65. The molecule has 0 aromatic carbocycles. The summed E-state index contributed by atoms with van der Waals surface area (Å²) in [5.41, 5.74) is 11.6. The van der Waals surface area contributed by atoms with Gasteiger partial charge in [-0.05, 0) is 17.3 Å². The first-order valence-electron chi connectivity index (χ1n) is 4.39. The molecule has 0 fully saturated rings. The van der Waals surface area contributed by atoms with Crippen LogP contribution in [0, 0.1) is 4.91 Å². The van der Waals surface area contributed by atoms with Crippen molar-refractivity contribution in [1.29, 1.82) is 0 Å². The number of hydrogen-bond acceptors (Lipinski definition) is 7. The minimum absolute atomic E-state index is 0.0404. The lowest BCUT2D eigenvalue weighted by Crippen LogP contribution is -2.01. The SMILES string of the molecule is Nc1nc(-c2cccnc2)nc(N)c1N=O. The molecule has 0 amide bonds. The lowest BCUT2D eigenvalue weighted by Gasteiger charge is -2.04. The van der Waals surface area contributed by atoms with Crippen LogP contribution in [0.15, 0.2) is 29.7 Å². The second kappa shape index (κ2) is 3.89. The van der Waals surface area contributed by atoms with E-state index in [1.54, 1.807) is 24.5 Å². The fourth-order valence-electron chi connectivity index (χ4n) is 1.21. The van der Waals surface area contributed by atoms with Gasteiger partial charge in [0.1, 0.15) is 0 Å². The van der Waals surface area contributed by atoms with Crippen LogP contribution in [0.4, 0.5) is 17.3 Å². The van der Waals surface area contributed by atoms with Crippen molar-refractivity contribution < 1.29 is 0 Å². The number of nitroso groups, excluding NO2 is 1. The molecule has 7 nitrogen and oxygen atoms in total. The van der Waals surface area contributed by atoms with Crippen molar-refractivity contribution in [3.05, 3.63) is 29.4 Å². The van der Waals surface area contributed by atoms with Crippen LogP contribution >= 0.6 is 0 Å². The lowest BCUT2D eigenvalue weighted by atomic mass is 10.2. The van der Waals surface area contributed by atoms with Crippen molar-refractivity contribution in [1.82, 2.24) is 15.0 Å². The number of nitrogens with zero attached hydrogens (tertiary/aromatic N) is 4. The summed E-state index contributed by atoms with van der Waals surface area (Å²) in [6, 6.07) is 3.49. The molecular weight excluding hydrogens is 208 g/mol. The molecule has 0 radical (unpaired) electrons. The predicted molar refractivity (Wildman–Crippen MR) is 59.5 cm³/mol. The zero-order valence-corrected chi connectivity index (χ0v) is 8.16. The molecule has 0 aliphatic rings. The average molecular weight is 216 g/mol. The van der Waals surface area contributed by atoms with E-state index in [1.165, 1.54) is 0 Å². The van der Waals surface area contributed by atoms with E-state index in [0.717, 1.165) is 0 Å². The largest absolute Gasteiger partial charge is 0.382 e. The van der Waals surface area contributed by atoms with Gasteiger partial charge in [0.25, 0.3) is 0 Å². The van der Waals surface area contributed by atoms with E-state index in [9.17, 15) is 4.91 Å². The zero-order chi connectivity index (χ0) is 11.5. The zero-order valence-electron chi connectivity index (χ0n) is 8.16. The molecule has 2 rings (SSSR count). The predicted octanol–water partition coefficient (Wildman–Crippen LogP) is 1.10. The standard InChI is InChI=1S/C9H8N6O/c10-7-6(15-16)8(11)14-9(13-7)5-2-1-3-12-4-5/h1-4H,(H4,10,11,13,14). The Hall–Kier alpha value is -2.57. The molecule has 2 aromatic heterocycles. The molecule has 0 aliphatic heterocycles. The summed E-state index contributed by atoms with van der Waals surface area (Å²) < 4.78 is 0. The summed E-state index contributed by atoms with van der Waals surface area (Å²) in [5.74, 6) is 0.234. The third-order valence-electron chi connectivity index (χ3n) is 1.95. The molecule has 0 unspecified atom stereocenters. The van der Waals surface area contributed by atoms with Gasteiger partial charge in [-0.25, -0.2) is 9.97 Å². The highest BCUT2D eigenvalue weighted by atomic mass is 16.3. The van der Waals surface area contributed by atoms with E-state index in [2.05, 4.69) is 20.1 Å². The van der Waals surface area contributed by atoms with Gasteiger partial charge in [0.15, 0.2) is 23.1 Å². The van der Waals surface area contributed by atoms with Gasteiger partial charge in [-0.1, -0.05) is 0 Å². The Morgan fingerprint density at radius 3 is 2.38 bits per heavy atom. The van der Waals surface area contributed by atoms with E-state index in [4.69, 9.17) is 11.5 Å². The second-order valence-electron chi connectivity index (χ2n) is 3.00. The van der Waals surface area contributed by atoms with Crippen molar-refractivity contribution in [2.45, 2.75) is 0 Å². The smallest absolute Gasteiger partial charge is 0.192 e. The fourth-order valence-corrected chi connectivity index (χ4v) is 1.21. The van der Waals surface area contributed by atoms with Gasteiger partial charge in [-0.3, -0.25) is 4.98 Å². The minimum Gasteiger partial charge on any atom is -0.382 e. The molecule has 0 atom stereocenters. The van der Waals surface area contributed by atoms with Gasteiger partial charge in [0.2, 0.25) is 0 Å². The molecule has 0 bridgehead atoms. The Balaban J connectivity index is 2.57. The first-order chi connectivity index (χ1) is 7.72. The van der Waals surface area contributed by atoms with Crippen LogP contribution in [-0.4, -0.2) is 15.0 Å². The molecule has 0 aliphatic carbocycles. The quantitative estimate of drug-likeness (QED) is 0.725. The topological polar surface area (TPSA) is 120 Å². The van der Waals surface area contributed by atoms with E-state index in [-0.39, 0.29) is 17.3 Å². The van der Waals surface area contributed by atoms with Crippen LogP contribution in [0.25, 0.3) is 11.4 Å². The Kier molecular flexibility index (Phi) is 2.42. The second-order valence-corrected chi connectivity index (χ2v) is 3.00. The summed E-state index contributed by atoms with van der Waals surface area (Å²) in [6.07, 6.45) is 3.19. The number of rotatable bonds is 2. The maximum Gasteiger partial charge on any atom is 0.192 e. The van der Waals surface area contributed by atoms with Crippen LogP contribution in [0.3, 0.4) is 0 Å². The molecule has 16 heavy (non-hydrogen) atoms. The Morgan fingerprint density at radius 1 is 1.19 bits per heavy atom. The van der Waals surface area contributed by atoms with Crippen molar-refractivity contribution in [3.8, 4) is 11.4 Å². The molecule has 7 heteroatoms. The van der Waals surface area contributed by atoms with Crippen LogP contribution in [0.2, 0.25) is 0 Å². The Morgan fingerprint density at radius 2 is 1.88 bits per heavy atom. The summed E-state index contributed by atoms with van der Waals surface area (Å²) in [4.78, 5) is 22.2. The van der Waals surface area contributed by atoms with Crippen LogP contribution < -0.4 is 11.5 Å². The van der Waals surface area contributed by atoms with Crippen LogP contribution in [0.5, 0.6) is 0 Å². The van der Waals surface area contributed by atoms with E-state index >= 15 is 0 Å². The molecule has 0 saturated carbocycles. The first-order valence-corrected chi connectivity index (χ1v) is 4.39. The normalized spacial score (nSPS) is 10.0. The van der Waals surface area contributed by atoms with E-state index in [1.807, 2.05) is 0 Å². The third-order valence-corrected chi connectivity index (χ3v) is 1.95. The molecule has 80 valence electrons. The number of aromatic nitrogens is 3. The number of nitrogens with two attached hydrogens (primary N) is 2. The van der Waals surface area contributed by atoms with Crippen LogP contribution in [-0.2, 0) is 0 Å². The van der Waals surface area contributed by atoms with Gasteiger partial charge < -0.3 is 11.5 Å². The number of anilines is 2. The molecule has 4 N–H and O–H groups in total. The van der Waals surface area contributed by atoms with Gasteiger partial charge in [-0.2, -0.15) is 0 Å². The average Bonchev–Trinajstić information content (AvgIpc) is 2.30. The lowest BCUT2D eigenvalue weighted by molar-refractivity contribution is 1.17. The molecule has 2 heterocycles. The minimum atomic E-state index is -0.132. The monoisotopic (exact) mass is 216 g/mol. The summed E-state index contributed by atoms with van der Waals surface area (Å²) >= 11 is 0. The van der Waals surface area contributed by atoms with E-state index < -0.39 is 0 Å². The highest BCUT2D eigenvalue weighted by Crippen LogP contribution is 2.28. The Labute approximate surface area is 90.5 Å². The fraction of sp³-hybridized carbons (Fsp3) is 0. The Bertz CT molecular complexity index is 504. The van der Waals surface area contributed by atoms with Crippen molar-refractivity contribution >= 4 is 17.3 Å². The van der Waals surface area contributed by atoms with Crippen molar-refractivity contribution in [3.63, 3.8) is 0 Å². The number of nitrogen functional groups attached to an aromatic ring is 2. The molecule has 2 aromatic rings. The van der Waals surface area contributed by atoms with Gasteiger partial charge in [0.05, 0.1) is 0 Å². The van der Waals surface area contributed by atoms with Crippen LogP contribution in [0.1, 0.15) is 0 Å². The highest BCUT2D eigenvalue weighted by Gasteiger charge is 2.11. The molecule has 0 saturated heterocycles. The van der Waals surface area contributed by atoms with Crippen molar-refractivity contribution in [2.24, 2.45) is 5.18 Å². The highest BCUT2D eigenvalue weighted by molar-refractivity contribution is 5.73. The van der Waals surface area contributed by atoms with Gasteiger partial charge in [-0.15, -0.1) is 4.91 Å². The number of pyridine rings is 1. The van der Waals surface area contributed by atoms with Crippen molar-refractivity contribution in [2.75, 3.05) is 11.5 Å². The molecule has 0 spiro atoms. The summed E-state index contributed by atoms with van der Waals surface area (Å²) in [7, 11) is 0.